The normalized spacial score (nSPS) is 13.1. The number of halogens is 3. The lowest BCUT2D eigenvalue weighted by atomic mass is 10.2. The minimum absolute atomic E-state index is 0.150. The maximum Gasteiger partial charge on any atom is 0.339 e. The number of esters is 1. The van der Waals surface area contributed by atoms with Crippen LogP contribution in [0.1, 0.15) is 17.3 Å². The third-order valence-electron chi connectivity index (χ3n) is 2.20. The van der Waals surface area contributed by atoms with Crippen LogP contribution in [0.2, 0.25) is 0 Å². The second-order valence-electron chi connectivity index (χ2n) is 3.87. The zero-order valence-electron chi connectivity index (χ0n) is 10.5. The monoisotopic (exact) mass is 388 g/mol. The number of methoxy groups -OCH3 is 1. The van der Waals surface area contributed by atoms with Gasteiger partial charge in [0, 0.05) is 17.8 Å². The first-order chi connectivity index (χ1) is 9.16. The molecule has 112 valence electrons. The van der Waals surface area contributed by atoms with Crippen molar-refractivity contribution >= 4 is 41.6 Å². The highest BCUT2D eigenvalue weighted by Gasteiger charge is 2.24. The van der Waals surface area contributed by atoms with Gasteiger partial charge in [0.1, 0.15) is 16.8 Å². The van der Waals surface area contributed by atoms with Crippen LogP contribution in [0, 0.1) is 5.82 Å². The number of carbonyl (C=O) groups excluding carboxylic acids is 1. The molecule has 0 aliphatic heterocycles. The van der Waals surface area contributed by atoms with E-state index in [1.165, 1.54) is 7.11 Å². The second kappa shape index (κ2) is 6.84. The van der Waals surface area contributed by atoms with Gasteiger partial charge in [-0.25, -0.2) is 17.6 Å². The molecule has 0 spiro atoms. The number of hydrogen-bond acceptors (Lipinski definition) is 5. The van der Waals surface area contributed by atoms with Gasteiger partial charge in [0.05, 0.1) is 16.6 Å². The average Bonchev–Trinajstić information content (AvgIpc) is 2.30. The van der Waals surface area contributed by atoms with E-state index in [1.54, 1.807) is 6.92 Å². The van der Waals surface area contributed by atoms with Crippen molar-refractivity contribution in [1.82, 2.24) is 0 Å². The number of rotatable bonds is 5. The zero-order chi connectivity index (χ0) is 15.5. The molecule has 0 bridgehead atoms. The summed E-state index contributed by atoms with van der Waals surface area (Å²) in [6.07, 6.45) is -0.571. The second-order valence-corrected chi connectivity index (χ2v) is 7.20. The lowest BCUT2D eigenvalue weighted by molar-refractivity contribution is 0.0118. The Morgan fingerprint density at radius 2 is 2.10 bits per heavy atom. The Morgan fingerprint density at radius 1 is 1.50 bits per heavy atom. The first kappa shape index (κ1) is 17.4. The molecule has 9 heteroatoms. The van der Waals surface area contributed by atoms with E-state index in [2.05, 4.69) is 15.9 Å². The van der Waals surface area contributed by atoms with Gasteiger partial charge in [0.2, 0.25) is 0 Å². The molecule has 0 saturated heterocycles. The third-order valence-corrected chi connectivity index (χ3v) is 4.66. The van der Waals surface area contributed by atoms with Crippen LogP contribution in [0.25, 0.3) is 0 Å². The topological polar surface area (TPSA) is 69.7 Å². The third kappa shape index (κ3) is 4.41. The molecule has 0 fully saturated rings. The fraction of sp³-hybridized carbons (Fsp3) is 0.364. The molecule has 5 nitrogen and oxygen atoms in total. The highest BCUT2D eigenvalue weighted by atomic mass is 79.9. The van der Waals surface area contributed by atoms with Crippen LogP contribution in [-0.4, -0.2) is 34.2 Å². The number of benzene rings is 1. The lowest BCUT2D eigenvalue weighted by Gasteiger charge is -2.13. The molecule has 0 aromatic heterocycles. The molecule has 0 N–H and O–H groups in total. The highest BCUT2D eigenvalue weighted by molar-refractivity contribution is 9.10. The van der Waals surface area contributed by atoms with Crippen molar-refractivity contribution in [3.8, 4) is 0 Å². The summed E-state index contributed by atoms with van der Waals surface area (Å²) in [5.41, 5.74) is -0.271. The van der Waals surface area contributed by atoms with Gasteiger partial charge in [0.15, 0.2) is 0 Å². The van der Waals surface area contributed by atoms with Crippen LogP contribution in [0.3, 0.4) is 0 Å². The summed E-state index contributed by atoms with van der Waals surface area (Å²) in [5, 5.41) is 0. The first-order valence-corrected chi connectivity index (χ1v) is 8.40. The van der Waals surface area contributed by atoms with Gasteiger partial charge in [-0.15, -0.1) is 0 Å². The van der Waals surface area contributed by atoms with Crippen LogP contribution < -0.4 is 0 Å². The maximum atomic E-state index is 13.4. The SMILES string of the molecule is COCC(C)OC(=O)c1cc(F)cc(S(=O)(=O)Cl)c1Br. The van der Waals surface area contributed by atoms with Crippen LogP contribution >= 0.6 is 26.6 Å². The zero-order valence-corrected chi connectivity index (χ0v) is 13.7. The Balaban J connectivity index is 3.19. The molecule has 1 aromatic rings. The molecule has 1 aromatic carbocycles. The van der Waals surface area contributed by atoms with Crippen LogP contribution in [0.4, 0.5) is 4.39 Å². The smallest absolute Gasteiger partial charge is 0.339 e. The maximum absolute atomic E-state index is 13.4. The summed E-state index contributed by atoms with van der Waals surface area (Å²) in [5.74, 6) is -1.80. The first-order valence-electron chi connectivity index (χ1n) is 5.30. The molecule has 0 aliphatic carbocycles. The van der Waals surface area contributed by atoms with Gasteiger partial charge in [-0.2, -0.15) is 0 Å². The highest BCUT2D eigenvalue weighted by Crippen LogP contribution is 2.30. The number of hydrogen-bond donors (Lipinski definition) is 0. The van der Waals surface area contributed by atoms with Gasteiger partial charge in [-0.3, -0.25) is 0 Å². The fourth-order valence-corrected chi connectivity index (χ4v) is 3.66. The Labute approximate surface area is 128 Å². The Hall–Kier alpha value is -0.700. The molecule has 0 saturated carbocycles. The standard InChI is InChI=1S/C11H11BrClFO5S/c1-6(5-18-2)19-11(15)8-3-7(14)4-9(10(8)12)20(13,16)17/h3-4,6H,5H2,1-2H3. The van der Waals surface area contributed by atoms with E-state index >= 15 is 0 Å². The Morgan fingerprint density at radius 3 is 2.60 bits per heavy atom. The van der Waals surface area contributed by atoms with E-state index < -0.39 is 31.8 Å². The summed E-state index contributed by atoms with van der Waals surface area (Å²) >= 11 is 2.92. The number of ether oxygens (including phenoxy) is 2. The van der Waals surface area contributed by atoms with Gasteiger partial charge in [0.25, 0.3) is 9.05 Å². The molecule has 0 heterocycles. The molecule has 1 unspecified atom stereocenters. The molecule has 0 radical (unpaired) electrons. The van der Waals surface area contributed by atoms with E-state index in [4.69, 9.17) is 20.2 Å². The van der Waals surface area contributed by atoms with Crippen LogP contribution in [0.15, 0.2) is 21.5 Å². The van der Waals surface area contributed by atoms with Crippen molar-refractivity contribution in [2.24, 2.45) is 0 Å². The van der Waals surface area contributed by atoms with Crippen LogP contribution in [-0.2, 0) is 18.5 Å². The van der Waals surface area contributed by atoms with Crippen LogP contribution in [0.5, 0.6) is 0 Å². The fourth-order valence-electron chi connectivity index (χ4n) is 1.41. The summed E-state index contributed by atoms with van der Waals surface area (Å²) in [6.45, 7) is 1.73. The quantitative estimate of drug-likeness (QED) is 0.572. The van der Waals surface area contributed by atoms with Crippen molar-refractivity contribution in [3.05, 3.63) is 28.0 Å². The number of carbonyl (C=O) groups is 1. The van der Waals surface area contributed by atoms with Gasteiger partial charge in [-0.05, 0) is 35.0 Å². The Bertz CT molecular complexity index is 619. The van der Waals surface area contributed by atoms with Crippen molar-refractivity contribution in [2.45, 2.75) is 17.9 Å². The lowest BCUT2D eigenvalue weighted by Crippen LogP contribution is -2.20. The van der Waals surface area contributed by atoms with Crippen molar-refractivity contribution in [2.75, 3.05) is 13.7 Å². The van der Waals surface area contributed by atoms with E-state index in [9.17, 15) is 17.6 Å². The molecule has 0 aliphatic rings. The minimum Gasteiger partial charge on any atom is -0.457 e. The van der Waals surface area contributed by atoms with Crippen molar-refractivity contribution in [3.63, 3.8) is 0 Å². The van der Waals surface area contributed by atoms with E-state index in [-0.39, 0.29) is 16.6 Å². The largest absolute Gasteiger partial charge is 0.457 e. The predicted molar refractivity (Wildman–Crippen MR) is 73.9 cm³/mol. The molecule has 1 atom stereocenters. The molecular formula is C11H11BrClFO5S. The van der Waals surface area contributed by atoms with Gasteiger partial charge >= 0.3 is 5.97 Å². The average molecular weight is 390 g/mol. The Kier molecular flexibility index (Phi) is 5.93. The molecular weight excluding hydrogens is 379 g/mol. The van der Waals surface area contributed by atoms with Gasteiger partial charge in [-0.1, -0.05) is 0 Å². The molecule has 20 heavy (non-hydrogen) atoms. The van der Waals surface area contributed by atoms with Crippen molar-refractivity contribution in [1.29, 1.82) is 0 Å². The predicted octanol–water partition coefficient (Wildman–Crippen LogP) is 2.71. The summed E-state index contributed by atoms with van der Waals surface area (Å²) in [4.78, 5) is 11.3. The molecule has 0 amide bonds. The molecule has 1 rings (SSSR count). The van der Waals surface area contributed by atoms with E-state index in [0.717, 1.165) is 6.07 Å². The summed E-state index contributed by atoms with van der Waals surface area (Å²) in [6, 6.07) is 1.57. The van der Waals surface area contributed by atoms with E-state index in [0.29, 0.717) is 6.07 Å². The van der Waals surface area contributed by atoms with E-state index in [1.807, 2.05) is 0 Å². The van der Waals surface area contributed by atoms with Gasteiger partial charge < -0.3 is 9.47 Å². The summed E-state index contributed by atoms with van der Waals surface area (Å²) in [7, 11) is 2.40. The summed E-state index contributed by atoms with van der Waals surface area (Å²) < 4.78 is 45.6. The van der Waals surface area contributed by atoms with Crippen molar-refractivity contribution < 1.29 is 27.1 Å². The minimum atomic E-state index is -4.20.